The molecule has 1 heterocycles. The molecule has 0 aromatic rings. The van der Waals surface area contributed by atoms with Gasteiger partial charge in [0.05, 0.1) is 12.7 Å². The number of carboxylic acid groups (broad SMARTS) is 1. The van der Waals surface area contributed by atoms with Gasteiger partial charge < -0.3 is 19.6 Å². The van der Waals surface area contributed by atoms with E-state index in [1.807, 2.05) is 27.7 Å². The van der Waals surface area contributed by atoms with E-state index in [4.69, 9.17) is 4.74 Å². The number of hydrogen-bond acceptors (Lipinski definition) is 3. The van der Waals surface area contributed by atoms with Gasteiger partial charge in [-0.05, 0) is 32.1 Å². The van der Waals surface area contributed by atoms with Gasteiger partial charge in [0.2, 0.25) is 0 Å². The summed E-state index contributed by atoms with van der Waals surface area (Å²) in [6, 6.07) is -1.00. The SMILES string of the molecule is CC(C)OCCN(C)C(=O)N1CCCC(C)(C)C1C(=O)O. The number of nitrogens with zero attached hydrogens (tertiary/aromatic N) is 2. The molecule has 122 valence electrons. The van der Waals surface area contributed by atoms with Crippen molar-refractivity contribution in [2.24, 2.45) is 5.41 Å². The van der Waals surface area contributed by atoms with Gasteiger partial charge in [0.25, 0.3) is 0 Å². The number of likely N-dealkylation sites (tertiary alicyclic amines) is 1. The van der Waals surface area contributed by atoms with Crippen LogP contribution in [-0.4, -0.2) is 65.8 Å². The minimum absolute atomic E-state index is 0.120. The van der Waals surface area contributed by atoms with Gasteiger partial charge in [-0.1, -0.05) is 13.8 Å². The van der Waals surface area contributed by atoms with Crippen LogP contribution in [0.2, 0.25) is 0 Å². The second-order valence-corrected chi connectivity index (χ2v) is 6.65. The van der Waals surface area contributed by atoms with Gasteiger partial charge in [-0.3, -0.25) is 0 Å². The lowest BCUT2D eigenvalue weighted by molar-refractivity contribution is -0.148. The molecule has 1 atom stereocenters. The van der Waals surface area contributed by atoms with Crippen molar-refractivity contribution in [3.05, 3.63) is 0 Å². The predicted octanol–water partition coefficient (Wildman–Crippen LogP) is 2.04. The van der Waals surface area contributed by atoms with Gasteiger partial charge in [0.1, 0.15) is 6.04 Å². The molecular weight excluding hydrogens is 272 g/mol. The summed E-state index contributed by atoms with van der Waals surface area (Å²) >= 11 is 0. The zero-order chi connectivity index (χ0) is 16.2. The third-order valence-corrected chi connectivity index (χ3v) is 3.96. The van der Waals surface area contributed by atoms with Crippen LogP contribution in [0, 0.1) is 5.41 Å². The van der Waals surface area contributed by atoms with Crippen LogP contribution in [0.25, 0.3) is 0 Å². The molecule has 0 spiro atoms. The quantitative estimate of drug-likeness (QED) is 0.843. The minimum Gasteiger partial charge on any atom is -0.480 e. The number of aliphatic carboxylic acids is 1. The van der Waals surface area contributed by atoms with Crippen molar-refractivity contribution in [2.45, 2.75) is 52.7 Å². The van der Waals surface area contributed by atoms with Gasteiger partial charge in [-0.2, -0.15) is 0 Å². The van der Waals surface area contributed by atoms with Gasteiger partial charge in [0.15, 0.2) is 0 Å². The summed E-state index contributed by atoms with van der Waals surface area (Å²) < 4.78 is 5.44. The van der Waals surface area contributed by atoms with Gasteiger partial charge in [-0.15, -0.1) is 0 Å². The highest BCUT2D eigenvalue weighted by molar-refractivity contribution is 5.83. The summed E-state index contributed by atoms with van der Waals surface area (Å²) in [5.41, 5.74) is -0.408. The molecule has 6 nitrogen and oxygen atoms in total. The maximum absolute atomic E-state index is 12.5. The van der Waals surface area contributed by atoms with Crippen molar-refractivity contribution in [2.75, 3.05) is 26.7 Å². The van der Waals surface area contributed by atoms with Gasteiger partial charge >= 0.3 is 12.0 Å². The Morgan fingerprint density at radius 1 is 1.43 bits per heavy atom. The Kier molecular flexibility index (Phi) is 6.01. The van der Waals surface area contributed by atoms with Crippen molar-refractivity contribution >= 4 is 12.0 Å². The van der Waals surface area contributed by atoms with Crippen molar-refractivity contribution in [1.29, 1.82) is 0 Å². The third-order valence-electron chi connectivity index (χ3n) is 3.96. The van der Waals surface area contributed by atoms with E-state index in [-0.39, 0.29) is 12.1 Å². The number of carbonyl (C=O) groups is 2. The number of rotatable bonds is 5. The first-order valence-corrected chi connectivity index (χ1v) is 7.53. The normalized spacial score (nSPS) is 21.4. The molecule has 1 aliphatic heterocycles. The number of piperidine rings is 1. The molecule has 0 saturated carbocycles. The van der Waals surface area contributed by atoms with E-state index < -0.39 is 17.4 Å². The molecule has 0 bridgehead atoms. The third kappa shape index (κ3) is 4.59. The first-order chi connectivity index (χ1) is 9.66. The van der Waals surface area contributed by atoms with Crippen LogP contribution in [0.4, 0.5) is 4.79 Å². The molecule has 0 aromatic carbocycles. The number of carboxylic acids is 1. The largest absolute Gasteiger partial charge is 0.480 e. The number of ether oxygens (including phenoxy) is 1. The number of urea groups is 1. The lowest BCUT2D eigenvalue weighted by Crippen LogP contribution is -2.59. The lowest BCUT2D eigenvalue weighted by Gasteiger charge is -2.45. The van der Waals surface area contributed by atoms with Crippen molar-refractivity contribution < 1.29 is 19.4 Å². The first kappa shape index (κ1) is 17.8. The van der Waals surface area contributed by atoms with E-state index in [1.54, 1.807) is 11.9 Å². The molecule has 21 heavy (non-hydrogen) atoms. The van der Waals surface area contributed by atoms with Crippen LogP contribution in [0.1, 0.15) is 40.5 Å². The van der Waals surface area contributed by atoms with E-state index in [1.165, 1.54) is 4.90 Å². The van der Waals surface area contributed by atoms with E-state index >= 15 is 0 Å². The molecule has 1 N–H and O–H groups in total. The fourth-order valence-electron chi connectivity index (χ4n) is 2.81. The van der Waals surface area contributed by atoms with E-state index in [0.717, 1.165) is 12.8 Å². The molecule has 1 unspecified atom stereocenters. The zero-order valence-electron chi connectivity index (χ0n) is 13.8. The number of likely N-dealkylation sites (N-methyl/N-ethyl adjacent to an activating group) is 1. The Hall–Kier alpha value is -1.30. The Morgan fingerprint density at radius 2 is 2.05 bits per heavy atom. The molecule has 1 aliphatic rings. The molecule has 1 rings (SSSR count). The summed E-state index contributed by atoms with van der Waals surface area (Å²) in [7, 11) is 1.69. The topological polar surface area (TPSA) is 70.1 Å². The molecule has 1 fully saturated rings. The summed E-state index contributed by atoms with van der Waals surface area (Å²) in [4.78, 5) is 27.1. The van der Waals surface area contributed by atoms with Crippen LogP contribution in [0.5, 0.6) is 0 Å². The maximum Gasteiger partial charge on any atom is 0.327 e. The van der Waals surface area contributed by atoms with Crippen LogP contribution in [0.15, 0.2) is 0 Å². The van der Waals surface area contributed by atoms with Gasteiger partial charge in [-0.25, -0.2) is 9.59 Å². The molecule has 6 heteroatoms. The molecule has 2 amide bonds. The fraction of sp³-hybridized carbons (Fsp3) is 0.867. The smallest absolute Gasteiger partial charge is 0.327 e. The Morgan fingerprint density at radius 3 is 2.57 bits per heavy atom. The highest BCUT2D eigenvalue weighted by Crippen LogP contribution is 2.35. The molecule has 0 aromatic heterocycles. The number of hydrogen-bond donors (Lipinski definition) is 1. The highest BCUT2D eigenvalue weighted by Gasteiger charge is 2.45. The summed E-state index contributed by atoms with van der Waals surface area (Å²) in [6.07, 6.45) is 1.77. The summed E-state index contributed by atoms with van der Waals surface area (Å²) in [6.45, 7) is 9.11. The highest BCUT2D eigenvalue weighted by atomic mass is 16.5. The Bertz CT molecular complexity index is 382. The van der Waals surface area contributed by atoms with Crippen LogP contribution in [-0.2, 0) is 9.53 Å². The fourth-order valence-corrected chi connectivity index (χ4v) is 2.81. The zero-order valence-corrected chi connectivity index (χ0v) is 13.8. The lowest BCUT2D eigenvalue weighted by atomic mass is 9.76. The minimum atomic E-state index is -0.931. The molecule has 0 radical (unpaired) electrons. The molecule has 0 aliphatic carbocycles. The summed E-state index contributed by atoms with van der Waals surface area (Å²) in [5, 5.41) is 9.49. The molecular formula is C15H28N2O4. The first-order valence-electron chi connectivity index (χ1n) is 7.53. The average molecular weight is 300 g/mol. The standard InChI is InChI=1S/C15H28N2O4/c1-11(2)21-10-9-16(5)14(20)17-8-6-7-15(3,4)12(17)13(18)19/h11-12H,6-10H2,1-5H3,(H,18,19). The van der Waals surface area contributed by atoms with Crippen LogP contribution < -0.4 is 0 Å². The van der Waals surface area contributed by atoms with E-state index in [9.17, 15) is 14.7 Å². The second kappa shape index (κ2) is 7.11. The maximum atomic E-state index is 12.5. The summed E-state index contributed by atoms with van der Waals surface area (Å²) in [5.74, 6) is -0.931. The molecule has 1 saturated heterocycles. The average Bonchev–Trinajstić information content (AvgIpc) is 2.35. The van der Waals surface area contributed by atoms with Crippen LogP contribution >= 0.6 is 0 Å². The van der Waals surface area contributed by atoms with Crippen molar-refractivity contribution in [3.8, 4) is 0 Å². The number of carbonyl (C=O) groups excluding carboxylic acids is 1. The predicted molar refractivity (Wildman–Crippen MR) is 80.3 cm³/mol. The van der Waals surface area contributed by atoms with E-state index in [2.05, 4.69) is 0 Å². The Balaban J connectivity index is 2.72. The van der Waals surface area contributed by atoms with Crippen LogP contribution in [0.3, 0.4) is 0 Å². The van der Waals surface area contributed by atoms with E-state index in [0.29, 0.717) is 19.7 Å². The second-order valence-electron chi connectivity index (χ2n) is 6.65. The van der Waals surface area contributed by atoms with Crippen molar-refractivity contribution in [3.63, 3.8) is 0 Å². The number of amides is 2. The van der Waals surface area contributed by atoms with Gasteiger partial charge in [0, 0.05) is 20.1 Å². The van der Waals surface area contributed by atoms with Crippen molar-refractivity contribution in [1.82, 2.24) is 9.80 Å². The Labute approximate surface area is 127 Å². The monoisotopic (exact) mass is 300 g/mol.